The molecule has 122 valence electrons. The summed E-state index contributed by atoms with van der Waals surface area (Å²) in [6.45, 7) is 10.6. The van der Waals surface area contributed by atoms with Crippen molar-refractivity contribution >= 4 is 10.9 Å². The lowest BCUT2D eigenvalue weighted by molar-refractivity contribution is 0.271. The smallest absolute Gasteiger partial charge is 0.0534 e. The van der Waals surface area contributed by atoms with Crippen LogP contribution in [0.4, 0.5) is 0 Å². The van der Waals surface area contributed by atoms with Gasteiger partial charge in [-0.15, -0.1) is 0 Å². The molecule has 0 aliphatic carbocycles. The van der Waals surface area contributed by atoms with Gasteiger partial charge in [-0.05, 0) is 41.6 Å². The number of aromatic amines is 1. The van der Waals surface area contributed by atoms with Crippen LogP contribution in [0, 0.1) is 5.92 Å². The van der Waals surface area contributed by atoms with Crippen molar-refractivity contribution in [3.8, 4) is 0 Å². The molecular formula is C19H26N4. The van der Waals surface area contributed by atoms with Crippen molar-refractivity contribution in [1.82, 2.24) is 19.7 Å². The first-order valence-corrected chi connectivity index (χ1v) is 8.43. The highest BCUT2D eigenvalue weighted by molar-refractivity contribution is 5.79. The van der Waals surface area contributed by atoms with E-state index in [2.05, 4.69) is 70.9 Å². The van der Waals surface area contributed by atoms with Crippen molar-refractivity contribution in [2.45, 2.75) is 40.4 Å². The summed E-state index contributed by atoms with van der Waals surface area (Å²) in [6, 6.07) is 8.78. The molecule has 0 spiro atoms. The molecule has 0 saturated heterocycles. The highest BCUT2D eigenvalue weighted by atomic mass is 15.3. The van der Waals surface area contributed by atoms with Gasteiger partial charge in [0, 0.05) is 43.1 Å². The van der Waals surface area contributed by atoms with E-state index < -0.39 is 0 Å². The van der Waals surface area contributed by atoms with Crippen LogP contribution in [0.25, 0.3) is 10.9 Å². The molecule has 0 saturated carbocycles. The highest BCUT2D eigenvalue weighted by Gasteiger charge is 2.08. The Hall–Kier alpha value is -2.07. The van der Waals surface area contributed by atoms with E-state index in [9.17, 15) is 0 Å². The van der Waals surface area contributed by atoms with E-state index in [4.69, 9.17) is 0 Å². The lowest BCUT2D eigenvalue weighted by Gasteiger charge is -2.19. The van der Waals surface area contributed by atoms with E-state index in [0.717, 1.165) is 26.2 Å². The maximum Gasteiger partial charge on any atom is 0.0534 e. The van der Waals surface area contributed by atoms with Crippen LogP contribution in [0.15, 0.2) is 42.9 Å². The third kappa shape index (κ3) is 4.02. The molecule has 23 heavy (non-hydrogen) atoms. The van der Waals surface area contributed by atoms with Gasteiger partial charge in [0.15, 0.2) is 0 Å². The molecule has 2 heterocycles. The Bertz CT molecular complexity index is 753. The molecule has 3 aromatic rings. The molecule has 3 rings (SSSR count). The average molecular weight is 310 g/mol. The van der Waals surface area contributed by atoms with Crippen LogP contribution in [0.1, 0.15) is 31.9 Å². The molecule has 0 amide bonds. The molecule has 1 N–H and O–H groups in total. The minimum atomic E-state index is 0.623. The van der Waals surface area contributed by atoms with E-state index in [1.807, 2.05) is 12.4 Å². The highest BCUT2D eigenvalue weighted by Crippen LogP contribution is 2.16. The fourth-order valence-electron chi connectivity index (χ4n) is 2.96. The van der Waals surface area contributed by atoms with Crippen LogP contribution >= 0.6 is 0 Å². The van der Waals surface area contributed by atoms with Crippen molar-refractivity contribution in [2.24, 2.45) is 5.92 Å². The fraction of sp³-hybridized carbons (Fsp3) is 0.421. The summed E-state index contributed by atoms with van der Waals surface area (Å²) in [6.07, 6.45) is 6.17. The molecule has 1 aromatic carbocycles. The molecular weight excluding hydrogens is 284 g/mol. The molecule has 4 nitrogen and oxygen atoms in total. The Kier molecular flexibility index (Phi) is 4.82. The Morgan fingerprint density at radius 2 is 2.00 bits per heavy atom. The summed E-state index contributed by atoms with van der Waals surface area (Å²) in [5, 5.41) is 5.75. The van der Waals surface area contributed by atoms with Crippen LogP contribution in [0.5, 0.6) is 0 Å². The first-order valence-electron chi connectivity index (χ1n) is 8.43. The van der Waals surface area contributed by atoms with E-state index in [1.54, 1.807) is 0 Å². The lowest BCUT2D eigenvalue weighted by atomic mass is 10.1. The number of rotatable bonds is 7. The van der Waals surface area contributed by atoms with E-state index in [0.29, 0.717) is 5.92 Å². The number of hydrogen-bond donors (Lipinski definition) is 1. The van der Waals surface area contributed by atoms with Crippen molar-refractivity contribution in [1.29, 1.82) is 0 Å². The Morgan fingerprint density at radius 1 is 1.17 bits per heavy atom. The van der Waals surface area contributed by atoms with Crippen LogP contribution in [0.3, 0.4) is 0 Å². The predicted molar refractivity (Wildman–Crippen MR) is 95.2 cm³/mol. The minimum Gasteiger partial charge on any atom is -0.361 e. The molecule has 0 fully saturated rings. The number of fused-ring (bicyclic) bond motifs is 1. The summed E-state index contributed by atoms with van der Waals surface area (Å²) >= 11 is 0. The standard InChI is InChI=1S/C19H26N4/c1-4-22(13-17-10-21-23(14-17)11-15(2)3)12-16-5-6-19-18(9-16)7-8-20-19/h5-10,14-15,20H,4,11-13H2,1-3H3. The molecule has 0 aliphatic heterocycles. The number of benzene rings is 1. The van der Waals surface area contributed by atoms with Gasteiger partial charge in [0.2, 0.25) is 0 Å². The molecule has 0 unspecified atom stereocenters. The molecule has 0 bridgehead atoms. The van der Waals surface area contributed by atoms with Crippen LogP contribution < -0.4 is 0 Å². The van der Waals surface area contributed by atoms with E-state index >= 15 is 0 Å². The summed E-state index contributed by atoms with van der Waals surface area (Å²) in [5.41, 5.74) is 3.84. The molecule has 0 aliphatic rings. The van der Waals surface area contributed by atoms with Crippen molar-refractivity contribution in [3.63, 3.8) is 0 Å². The second-order valence-electron chi connectivity index (χ2n) is 6.67. The van der Waals surface area contributed by atoms with E-state index in [-0.39, 0.29) is 0 Å². The monoisotopic (exact) mass is 310 g/mol. The molecule has 4 heteroatoms. The van der Waals surface area contributed by atoms with Gasteiger partial charge in [-0.2, -0.15) is 5.10 Å². The number of nitrogens with zero attached hydrogens (tertiary/aromatic N) is 3. The Labute approximate surface area is 138 Å². The third-order valence-corrected chi connectivity index (χ3v) is 4.12. The zero-order chi connectivity index (χ0) is 16.2. The van der Waals surface area contributed by atoms with Gasteiger partial charge in [0.1, 0.15) is 0 Å². The quantitative estimate of drug-likeness (QED) is 0.715. The van der Waals surface area contributed by atoms with Crippen molar-refractivity contribution in [2.75, 3.05) is 6.54 Å². The van der Waals surface area contributed by atoms with Gasteiger partial charge in [-0.3, -0.25) is 9.58 Å². The molecule has 0 atom stereocenters. The van der Waals surface area contributed by atoms with Gasteiger partial charge in [0.05, 0.1) is 6.20 Å². The van der Waals surface area contributed by atoms with Gasteiger partial charge >= 0.3 is 0 Å². The van der Waals surface area contributed by atoms with Gasteiger partial charge in [0.25, 0.3) is 0 Å². The maximum absolute atomic E-state index is 4.47. The zero-order valence-electron chi connectivity index (χ0n) is 14.3. The summed E-state index contributed by atoms with van der Waals surface area (Å²) in [7, 11) is 0. The first kappa shape index (κ1) is 15.8. The van der Waals surface area contributed by atoms with Crippen LogP contribution in [-0.2, 0) is 19.6 Å². The van der Waals surface area contributed by atoms with E-state index in [1.165, 1.54) is 22.0 Å². The van der Waals surface area contributed by atoms with Crippen LogP contribution in [0.2, 0.25) is 0 Å². The number of H-pyrrole nitrogens is 1. The summed E-state index contributed by atoms with van der Waals surface area (Å²) in [4.78, 5) is 5.70. The SMILES string of the molecule is CCN(Cc1ccc2[nH]ccc2c1)Cc1cnn(CC(C)C)c1. The average Bonchev–Trinajstić information content (AvgIpc) is 3.14. The molecule has 0 radical (unpaired) electrons. The summed E-state index contributed by atoms with van der Waals surface area (Å²) < 4.78 is 2.06. The normalized spacial score (nSPS) is 11.9. The van der Waals surface area contributed by atoms with Crippen molar-refractivity contribution < 1.29 is 0 Å². The Morgan fingerprint density at radius 3 is 2.78 bits per heavy atom. The first-order chi connectivity index (χ1) is 11.1. The van der Waals surface area contributed by atoms with Gasteiger partial charge < -0.3 is 4.98 Å². The van der Waals surface area contributed by atoms with Crippen LogP contribution in [-0.4, -0.2) is 26.2 Å². The largest absolute Gasteiger partial charge is 0.361 e. The fourth-order valence-corrected chi connectivity index (χ4v) is 2.96. The van der Waals surface area contributed by atoms with Gasteiger partial charge in [-0.1, -0.05) is 26.8 Å². The zero-order valence-corrected chi connectivity index (χ0v) is 14.3. The topological polar surface area (TPSA) is 36.9 Å². The summed E-state index contributed by atoms with van der Waals surface area (Å²) in [5.74, 6) is 0.623. The minimum absolute atomic E-state index is 0.623. The second kappa shape index (κ2) is 7.01. The number of hydrogen-bond acceptors (Lipinski definition) is 2. The lowest BCUT2D eigenvalue weighted by Crippen LogP contribution is -2.22. The van der Waals surface area contributed by atoms with Crippen molar-refractivity contribution in [3.05, 3.63) is 54.0 Å². The second-order valence-corrected chi connectivity index (χ2v) is 6.67. The third-order valence-electron chi connectivity index (χ3n) is 4.12. The number of aromatic nitrogens is 3. The number of nitrogens with one attached hydrogen (secondary N) is 1. The molecule has 2 aromatic heterocycles. The predicted octanol–water partition coefficient (Wildman–Crippen LogP) is 4.04. The van der Waals surface area contributed by atoms with Gasteiger partial charge in [-0.25, -0.2) is 0 Å². The maximum atomic E-state index is 4.47. The Balaban J connectivity index is 1.66.